The van der Waals surface area contributed by atoms with Crippen LogP contribution in [0.2, 0.25) is 0 Å². The molecular formula is C12H16N2S. The number of hydrogen-bond donors (Lipinski definition) is 0. The summed E-state index contributed by atoms with van der Waals surface area (Å²) in [5.41, 5.74) is 0.234. The van der Waals surface area contributed by atoms with Crippen LogP contribution < -0.4 is 0 Å². The van der Waals surface area contributed by atoms with E-state index >= 15 is 0 Å². The van der Waals surface area contributed by atoms with Crippen LogP contribution in [0.4, 0.5) is 0 Å². The van der Waals surface area contributed by atoms with Crippen LogP contribution >= 0.6 is 11.3 Å². The minimum atomic E-state index is 0.234. The third-order valence-corrected chi connectivity index (χ3v) is 3.90. The molecule has 0 unspecified atom stereocenters. The van der Waals surface area contributed by atoms with E-state index in [1.807, 2.05) is 30.7 Å². The molecule has 0 aliphatic heterocycles. The van der Waals surface area contributed by atoms with Crippen molar-refractivity contribution >= 4 is 11.3 Å². The fourth-order valence-corrected chi connectivity index (χ4v) is 2.57. The van der Waals surface area contributed by atoms with Gasteiger partial charge in [-0.25, -0.2) is 4.98 Å². The first kappa shape index (κ1) is 10.4. The van der Waals surface area contributed by atoms with E-state index in [-0.39, 0.29) is 5.41 Å². The third-order valence-electron chi connectivity index (χ3n) is 2.39. The van der Waals surface area contributed by atoms with Crippen molar-refractivity contribution in [1.29, 1.82) is 0 Å². The summed E-state index contributed by atoms with van der Waals surface area (Å²) in [5, 5.41) is 1.25. The van der Waals surface area contributed by atoms with E-state index in [4.69, 9.17) is 0 Å². The molecule has 3 heteroatoms. The minimum absolute atomic E-state index is 0.234. The van der Waals surface area contributed by atoms with Crippen molar-refractivity contribution in [3.63, 3.8) is 0 Å². The van der Waals surface area contributed by atoms with Crippen LogP contribution in [0.15, 0.2) is 24.5 Å². The van der Waals surface area contributed by atoms with Crippen molar-refractivity contribution in [3.05, 3.63) is 35.2 Å². The average Bonchev–Trinajstić information content (AvgIpc) is 2.69. The highest BCUT2D eigenvalue weighted by Crippen LogP contribution is 2.31. The predicted molar refractivity (Wildman–Crippen MR) is 64.9 cm³/mol. The molecular weight excluding hydrogens is 204 g/mol. The first-order chi connectivity index (χ1) is 6.98. The van der Waals surface area contributed by atoms with Gasteiger partial charge in [0.2, 0.25) is 0 Å². The number of hydrogen-bond acceptors (Lipinski definition) is 2. The maximum absolute atomic E-state index is 4.23. The van der Waals surface area contributed by atoms with Gasteiger partial charge in [-0.1, -0.05) is 20.8 Å². The largest absolute Gasteiger partial charge is 0.295 e. The summed E-state index contributed by atoms with van der Waals surface area (Å²) in [7, 11) is 0. The first-order valence-corrected chi connectivity index (χ1v) is 5.91. The van der Waals surface area contributed by atoms with Crippen molar-refractivity contribution in [3.8, 4) is 5.00 Å². The molecule has 0 aliphatic carbocycles. The zero-order valence-corrected chi connectivity index (χ0v) is 10.4. The second-order valence-corrected chi connectivity index (χ2v) is 5.79. The Hall–Kier alpha value is -1.09. The lowest BCUT2D eigenvalue weighted by atomic mass is 9.95. The fourth-order valence-electron chi connectivity index (χ4n) is 1.47. The Morgan fingerprint density at radius 1 is 1.27 bits per heavy atom. The molecule has 0 aliphatic rings. The summed E-state index contributed by atoms with van der Waals surface area (Å²) in [5.74, 6) is 1.04. The second-order valence-electron chi connectivity index (χ2n) is 4.73. The number of nitrogens with zero attached hydrogens (tertiary/aromatic N) is 2. The lowest BCUT2D eigenvalue weighted by Gasteiger charge is -2.15. The summed E-state index contributed by atoms with van der Waals surface area (Å²) in [6.45, 7) is 8.74. The number of rotatable bonds is 1. The molecule has 0 radical (unpaired) electrons. The Balaban J connectivity index is 2.41. The highest BCUT2D eigenvalue weighted by molar-refractivity contribution is 7.14. The van der Waals surface area contributed by atoms with Crippen LogP contribution in [0.3, 0.4) is 0 Å². The van der Waals surface area contributed by atoms with Crippen LogP contribution in [0.1, 0.15) is 31.5 Å². The summed E-state index contributed by atoms with van der Waals surface area (Å²) in [4.78, 5) is 5.64. The number of imidazole rings is 1. The van der Waals surface area contributed by atoms with Crippen molar-refractivity contribution in [2.45, 2.75) is 33.1 Å². The summed E-state index contributed by atoms with van der Waals surface area (Å²) in [6.07, 6.45) is 3.85. The fraction of sp³-hybridized carbons (Fsp3) is 0.417. The van der Waals surface area contributed by atoms with Gasteiger partial charge in [-0.2, -0.15) is 0 Å². The molecule has 2 heterocycles. The second kappa shape index (κ2) is 3.49. The topological polar surface area (TPSA) is 17.8 Å². The van der Waals surface area contributed by atoms with Gasteiger partial charge < -0.3 is 0 Å². The van der Waals surface area contributed by atoms with Gasteiger partial charge in [0.15, 0.2) is 0 Å². The highest BCUT2D eigenvalue weighted by Gasteiger charge is 2.16. The van der Waals surface area contributed by atoms with Gasteiger partial charge in [-0.15, -0.1) is 11.3 Å². The zero-order chi connectivity index (χ0) is 11.1. The van der Waals surface area contributed by atoms with Crippen molar-refractivity contribution in [1.82, 2.24) is 9.55 Å². The number of aromatic nitrogens is 2. The van der Waals surface area contributed by atoms with Gasteiger partial charge in [0, 0.05) is 17.3 Å². The molecule has 2 nitrogen and oxygen atoms in total. The van der Waals surface area contributed by atoms with Gasteiger partial charge in [-0.3, -0.25) is 4.57 Å². The zero-order valence-electron chi connectivity index (χ0n) is 9.61. The quantitative estimate of drug-likeness (QED) is 0.718. The van der Waals surface area contributed by atoms with E-state index in [1.165, 1.54) is 9.88 Å². The molecule has 80 valence electrons. The van der Waals surface area contributed by atoms with Crippen LogP contribution in [0, 0.1) is 6.92 Å². The Morgan fingerprint density at radius 2 is 2.00 bits per heavy atom. The molecule has 0 saturated heterocycles. The molecule has 0 saturated carbocycles. The van der Waals surface area contributed by atoms with Crippen molar-refractivity contribution < 1.29 is 0 Å². The van der Waals surface area contributed by atoms with Crippen LogP contribution in [0.25, 0.3) is 5.00 Å². The lowest BCUT2D eigenvalue weighted by molar-refractivity contribution is 0.604. The van der Waals surface area contributed by atoms with Gasteiger partial charge in [0.05, 0.1) is 0 Å². The molecule has 0 fully saturated rings. The molecule has 2 rings (SSSR count). The molecule has 15 heavy (non-hydrogen) atoms. The molecule has 0 spiro atoms. The van der Waals surface area contributed by atoms with Crippen molar-refractivity contribution in [2.24, 2.45) is 0 Å². The minimum Gasteiger partial charge on any atom is -0.295 e. The number of thiophene rings is 1. The Morgan fingerprint density at radius 3 is 2.47 bits per heavy atom. The molecule has 2 aromatic rings. The SMILES string of the molecule is Cc1nccn1-c1ccc(C(C)(C)C)s1. The van der Waals surface area contributed by atoms with E-state index in [2.05, 4.69) is 42.5 Å². The standard InChI is InChI=1S/C12H16N2S/c1-9-13-7-8-14(9)11-6-5-10(15-11)12(2,3)4/h5-8H,1-4H3. The monoisotopic (exact) mass is 220 g/mol. The molecule has 2 aromatic heterocycles. The normalized spacial score (nSPS) is 12.0. The smallest absolute Gasteiger partial charge is 0.110 e. The Bertz CT molecular complexity index is 460. The number of aryl methyl sites for hydroxylation is 1. The predicted octanol–water partition coefficient (Wildman–Crippen LogP) is 3.54. The maximum atomic E-state index is 4.23. The average molecular weight is 220 g/mol. The maximum Gasteiger partial charge on any atom is 0.110 e. The van der Waals surface area contributed by atoms with E-state index in [1.54, 1.807) is 0 Å². The van der Waals surface area contributed by atoms with E-state index < -0.39 is 0 Å². The highest BCUT2D eigenvalue weighted by atomic mass is 32.1. The molecule has 0 bridgehead atoms. The molecule has 0 amide bonds. The lowest BCUT2D eigenvalue weighted by Crippen LogP contribution is -2.07. The molecule has 0 atom stereocenters. The summed E-state index contributed by atoms with van der Waals surface area (Å²) in [6, 6.07) is 4.37. The van der Waals surface area contributed by atoms with Crippen molar-refractivity contribution in [2.75, 3.05) is 0 Å². The first-order valence-electron chi connectivity index (χ1n) is 5.09. The molecule has 0 aromatic carbocycles. The van der Waals surface area contributed by atoms with Crippen LogP contribution in [-0.2, 0) is 5.41 Å². The van der Waals surface area contributed by atoms with E-state index in [9.17, 15) is 0 Å². The van der Waals surface area contributed by atoms with Gasteiger partial charge in [0.1, 0.15) is 10.8 Å². The summed E-state index contributed by atoms with van der Waals surface area (Å²) < 4.78 is 2.12. The Labute approximate surface area is 94.6 Å². The van der Waals surface area contributed by atoms with E-state index in [0.717, 1.165) is 5.82 Å². The van der Waals surface area contributed by atoms with Gasteiger partial charge in [0.25, 0.3) is 0 Å². The van der Waals surface area contributed by atoms with E-state index in [0.29, 0.717) is 0 Å². The van der Waals surface area contributed by atoms with Gasteiger partial charge in [-0.05, 0) is 24.5 Å². The summed E-state index contributed by atoms with van der Waals surface area (Å²) >= 11 is 1.83. The Kier molecular flexibility index (Phi) is 2.43. The van der Waals surface area contributed by atoms with Gasteiger partial charge >= 0.3 is 0 Å². The van der Waals surface area contributed by atoms with Crippen LogP contribution in [0.5, 0.6) is 0 Å². The van der Waals surface area contributed by atoms with Crippen LogP contribution in [-0.4, -0.2) is 9.55 Å². The third kappa shape index (κ3) is 1.97. The molecule has 0 N–H and O–H groups in total.